The van der Waals surface area contributed by atoms with Crippen LogP contribution in [0, 0.1) is 10.8 Å². The summed E-state index contributed by atoms with van der Waals surface area (Å²) in [7, 11) is 2.88. The molecule has 0 aromatic carbocycles. The summed E-state index contributed by atoms with van der Waals surface area (Å²) >= 11 is 0. The molecular formula is C19H29N3O5. The molecule has 1 amide bonds. The maximum absolute atomic E-state index is 11.9. The number of amides is 1. The number of nitrogens with zero attached hydrogens (tertiary/aromatic N) is 2. The third-order valence-electron chi connectivity index (χ3n) is 5.65. The molecule has 1 fully saturated rings. The van der Waals surface area contributed by atoms with Gasteiger partial charge in [-0.15, -0.1) is 0 Å². The number of hydrogen-bond donors (Lipinski definition) is 1. The molecule has 2 rings (SSSR count). The van der Waals surface area contributed by atoms with Crippen LogP contribution in [-0.2, 0) is 4.74 Å². The lowest BCUT2D eigenvalue weighted by atomic mass is 9.59. The van der Waals surface area contributed by atoms with Crippen LogP contribution in [-0.4, -0.2) is 42.2 Å². The third-order valence-corrected chi connectivity index (χ3v) is 5.65. The third kappa shape index (κ3) is 3.21. The number of aldehydes is 1. The summed E-state index contributed by atoms with van der Waals surface area (Å²) in [6.07, 6.45) is 1.19. The highest BCUT2D eigenvalue weighted by Crippen LogP contribution is 2.63. The highest BCUT2D eigenvalue weighted by molar-refractivity contribution is 5.75. The van der Waals surface area contributed by atoms with Gasteiger partial charge in [0.05, 0.1) is 19.9 Å². The van der Waals surface area contributed by atoms with Gasteiger partial charge in [-0.2, -0.15) is 0 Å². The van der Waals surface area contributed by atoms with Gasteiger partial charge in [0, 0.05) is 16.7 Å². The van der Waals surface area contributed by atoms with Crippen LogP contribution in [0.5, 0.6) is 11.8 Å². The van der Waals surface area contributed by atoms with Gasteiger partial charge in [-0.25, -0.2) is 14.8 Å². The van der Waals surface area contributed by atoms with Gasteiger partial charge in [-0.3, -0.25) is 4.79 Å². The first-order chi connectivity index (χ1) is 12.4. The molecule has 8 heteroatoms. The molecule has 0 bridgehead atoms. The van der Waals surface area contributed by atoms with Gasteiger partial charge in [-0.1, -0.05) is 34.6 Å². The first kappa shape index (κ1) is 20.9. The smallest absolute Gasteiger partial charge is 0.405 e. The van der Waals surface area contributed by atoms with Crippen molar-refractivity contribution in [2.75, 3.05) is 14.2 Å². The molecule has 0 saturated heterocycles. The summed E-state index contributed by atoms with van der Waals surface area (Å²) in [5.74, 6) is -0.0880. The van der Waals surface area contributed by atoms with Gasteiger partial charge in [0.1, 0.15) is 11.3 Å². The molecule has 0 radical (unpaired) electrons. The zero-order chi connectivity index (χ0) is 20.6. The van der Waals surface area contributed by atoms with Crippen molar-refractivity contribution in [1.29, 1.82) is 0 Å². The Balaban J connectivity index is 2.79. The molecule has 1 heterocycles. The number of nitrogens with two attached hydrogens (primary N) is 1. The van der Waals surface area contributed by atoms with E-state index in [0.717, 1.165) is 6.42 Å². The Kier molecular flexibility index (Phi) is 5.41. The van der Waals surface area contributed by atoms with E-state index in [4.69, 9.17) is 19.9 Å². The van der Waals surface area contributed by atoms with Crippen LogP contribution in [0.1, 0.15) is 69.6 Å². The molecular weight excluding hydrogens is 350 g/mol. The van der Waals surface area contributed by atoms with Gasteiger partial charge in [0.2, 0.25) is 0 Å². The van der Waals surface area contributed by atoms with E-state index >= 15 is 0 Å². The number of aromatic nitrogens is 2. The van der Waals surface area contributed by atoms with Crippen molar-refractivity contribution in [3.8, 4) is 11.8 Å². The van der Waals surface area contributed by atoms with E-state index in [-0.39, 0.29) is 23.4 Å². The number of hydrogen-bond acceptors (Lipinski definition) is 7. The van der Waals surface area contributed by atoms with Crippen molar-refractivity contribution in [3.63, 3.8) is 0 Å². The Labute approximate surface area is 159 Å². The van der Waals surface area contributed by atoms with E-state index in [1.807, 2.05) is 34.6 Å². The number of methoxy groups -OCH3 is 2. The van der Waals surface area contributed by atoms with E-state index in [0.29, 0.717) is 18.4 Å². The molecule has 2 atom stereocenters. The molecule has 150 valence electrons. The van der Waals surface area contributed by atoms with Crippen LogP contribution in [0.15, 0.2) is 0 Å². The average molecular weight is 379 g/mol. The van der Waals surface area contributed by atoms with Crippen molar-refractivity contribution < 1.29 is 23.8 Å². The van der Waals surface area contributed by atoms with Gasteiger partial charge in [0.15, 0.2) is 6.29 Å². The minimum absolute atomic E-state index is 0.123. The van der Waals surface area contributed by atoms with Crippen LogP contribution >= 0.6 is 0 Å². The molecule has 27 heavy (non-hydrogen) atoms. The van der Waals surface area contributed by atoms with Crippen molar-refractivity contribution >= 4 is 12.4 Å². The molecule has 1 aliphatic carbocycles. The van der Waals surface area contributed by atoms with Crippen molar-refractivity contribution in [2.24, 2.45) is 16.6 Å². The predicted octanol–water partition coefficient (Wildman–Crippen LogP) is 3.09. The summed E-state index contributed by atoms with van der Waals surface area (Å²) in [6, 6.07) is 0. The maximum atomic E-state index is 11.9. The molecule has 1 saturated carbocycles. The van der Waals surface area contributed by atoms with E-state index in [9.17, 15) is 9.59 Å². The Bertz CT molecular complexity index is 742. The highest BCUT2D eigenvalue weighted by Gasteiger charge is 2.65. The van der Waals surface area contributed by atoms with Crippen molar-refractivity contribution in [1.82, 2.24) is 9.97 Å². The topological polar surface area (TPSA) is 114 Å². The lowest BCUT2D eigenvalue weighted by Crippen LogP contribution is -2.58. The number of carbonyl (C=O) groups excluding carboxylic acids is 2. The van der Waals surface area contributed by atoms with Gasteiger partial charge in [0.25, 0.3) is 11.8 Å². The Morgan fingerprint density at radius 2 is 1.74 bits per heavy atom. The fraction of sp³-hybridized carbons (Fsp3) is 0.684. The molecule has 1 aromatic heterocycles. The summed E-state index contributed by atoms with van der Waals surface area (Å²) in [5.41, 5.74) is 4.16. The lowest BCUT2D eigenvalue weighted by Gasteiger charge is -2.52. The van der Waals surface area contributed by atoms with Crippen LogP contribution in [0.3, 0.4) is 0 Å². The molecule has 8 nitrogen and oxygen atoms in total. The Morgan fingerprint density at radius 1 is 1.19 bits per heavy atom. The predicted molar refractivity (Wildman–Crippen MR) is 99.1 cm³/mol. The molecule has 2 N–H and O–H groups in total. The Morgan fingerprint density at radius 3 is 2.19 bits per heavy atom. The summed E-state index contributed by atoms with van der Waals surface area (Å²) in [5, 5.41) is 0. The minimum Gasteiger partial charge on any atom is -0.477 e. The molecule has 2 unspecified atom stereocenters. The number of ether oxygens (including phenoxy) is 3. The van der Waals surface area contributed by atoms with Crippen LogP contribution < -0.4 is 15.2 Å². The van der Waals surface area contributed by atoms with E-state index < -0.39 is 22.5 Å². The standard InChI is InChI=1S/C19H29N3O5/c1-17(2,3)19(27-16(20)24)11(8-9-18(19,4)5)13-12(10-23)21-14(25-6)15(22-13)26-7/h10-11H,8-9H2,1-7H3,(H2,20,24). The van der Waals surface area contributed by atoms with Gasteiger partial charge < -0.3 is 19.9 Å². The lowest BCUT2D eigenvalue weighted by molar-refractivity contribution is -0.136. The first-order valence-electron chi connectivity index (χ1n) is 8.88. The molecule has 0 aliphatic heterocycles. The normalized spacial score (nSPS) is 24.3. The van der Waals surface area contributed by atoms with E-state index in [2.05, 4.69) is 9.97 Å². The number of rotatable bonds is 5. The second-order valence-electron chi connectivity index (χ2n) is 8.51. The Hall–Kier alpha value is -2.38. The molecule has 0 spiro atoms. The van der Waals surface area contributed by atoms with Gasteiger partial charge >= 0.3 is 6.09 Å². The number of primary amides is 1. The second kappa shape index (κ2) is 6.98. The van der Waals surface area contributed by atoms with Gasteiger partial charge in [-0.05, 0) is 12.8 Å². The quantitative estimate of drug-likeness (QED) is 0.782. The van der Waals surface area contributed by atoms with Crippen molar-refractivity contribution in [3.05, 3.63) is 11.4 Å². The minimum atomic E-state index is -0.988. The molecule has 1 aliphatic rings. The summed E-state index contributed by atoms with van der Waals surface area (Å²) in [4.78, 5) is 32.4. The largest absolute Gasteiger partial charge is 0.477 e. The monoisotopic (exact) mass is 379 g/mol. The van der Waals surface area contributed by atoms with E-state index in [1.54, 1.807) is 0 Å². The maximum Gasteiger partial charge on any atom is 0.405 e. The average Bonchev–Trinajstić information content (AvgIpc) is 2.84. The first-order valence-corrected chi connectivity index (χ1v) is 8.88. The zero-order valence-electron chi connectivity index (χ0n) is 17.1. The summed E-state index contributed by atoms with van der Waals surface area (Å²) in [6.45, 7) is 10.0. The highest BCUT2D eigenvalue weighted by atomic mass is 16.6. The molecule has 1 aromatic rings. The van der Waals surface area contributed by atoms with Crippen LogP contribution in [0.2, 0.25) is 0 Å². The summed E-state index contributed by atoms with van der Waals surface area (Å²) < 4.78 is 16.3. The second-order valence-corrected chi connectivity index (χ2v) is 8.51. The number of carbonyl (C=O) groups is 2. The van der Waals surface area contributed by atoms with E-state index in [1.165, 1.54) is 14.2 Å². The fourth-order valence-electron chi connectivity index (χ4n) is 4.79. The van der Waals surface area contributed by atoms with Crippen LogP contribution in [0.25, 0.3) is 0 Å². The SMILES string of the molecule is COc1nc(C=O)c(C2CCC(C)(C)C2(OC(N)=O)C(C)(C)C)nc1OC. The zero-order valence-corrected chi connectivity index (χ0v) is 17.1. The van der Waals surface area contributed by atoms with Crippen molar-refractivity contribution in [2.45, 2.75) is 59.0 Å². The van der Waals surface area contributed by atoms with Crippen LogP contribution in [0.4, 0.5) is 4.79 Å². The fourth-order valence-corrected chi connectivity index (χ4v) is 4.79.